The molecule has 0 unspecified atom stereocenters. The Morgan fingerprint density at radius 1 is 1.35 bits per heavy atom. The molecule has 0 fully saturated rings. The van der Waals surface area contributed by atoms with Gasteiger partial charge in [-0.2, -0.15) is 10.4 Å². The van der Waals surface area contributed by atoms with Gasteiger partial charge in [0.1, 0.15) is 5.69 Å². The van der Waals surface area contributed by atoms with E-state index in [1.165, 1.54) is 0 Å². The fraction of sp³-hybridized carbons (Fsp3) is 0.0833. The van der Waals surface area contributed by atoms with Crippen molar-refractivity contribution in [2.75, 3.05) is 0 Å². The molecule has 0 saturated heterocycles. The van der Waals surface area contributed by atoms with Gasteiger partial charge in [-0.25, -0.2) is 4.98 Å². The van der Waals surface area contributed by atoms with Gasteiger partial charge >= 0.3 is 0 Å². The van der Waals surface area contributed by atoms with Crippen LogP contribution in [0, 0.1) is 11.3 Å². The number of imidazole rings is 1. The number of H-pyrrole nitrogens is 1. The molecule has 1 aromatic carbocycles. The van der Waals surface area contributed by atoms with E-state index in [9.17, 15) is 0 Å². The summed E-state index contributed by atoms with van der Waals surface area (Å²) in [6, 6.07) is 9.46. The number of hydrogen-bond donors (Lipinski definition) is 1. The lowest BCUT2D eigenvalue weighted by Gasteiger charge is -1.98. The summed E-state index contributed by atoms with van der Waals surface area (Å²) in [6.45, 7) is 0. The molecule has 0 atom stereocenters. The quantitative estimate of drug-likeness (QED) is 0.684. The molecule has 0 amide bonds. The maximum Gasteiger partial charge on any atom is 0.158 e. The molecule has 0 aliphatic rings. The average molecular weight is 223 g/mol. The molecular weight excluding hydrogens is 214 g/mol. The van der Waals surface area contributed by atoms with E-state index in [0.717, 1.165) is 22.6 Å². The molecule has 5 nitrogen and oxygen atoms in total. The van der Waals surface area contributed by atoms with Gasteiger partial charge in [-0.05, 0) is 24.3 Å². The fourth-order valence-electron chi connectivity index (χ4n) is 1.89. The predicted octanol–water partition coefficient (Wildman–Crippen LogP) is 1.84. The van der Waals surface area contributed by atoms with Crippen molar-refractivity contribution in [3.8, 4) is 17.6 Å². The number of rotatable bonds is 1. The minimum absolute atomic E-state index is 0.617. The zero-order chi connectivity index (χ0) is 11.8. The van der Waals surface area contributed by atoms with Crippen molar-refractivity contribution in [2.24, 2.45) is 7.05 Å². The Morgan fingerprint density at radius 2 is 2.24 bits per heavy atom. The molecule has 0 radical (unpaired) electrons. The molecule has 2 aromatic heterocycles. The highest BCUT2D eigenvalue weighted by atomic mass is 15.1. The minimum atomic E-state index is 0.617. The number of nitrogens with zero attached hydrogens (tertiary/aromatic N) is 4. The smallest absolute Gasteiger partial charge is 0.158 e. The van der Waals surface area contributed by atoms with Gasteiger partial charge in [0.05, 0.1) is 22.7 Å². The van der Waals surface area contributed by atoms with E-state index in [-0.39, 0.29) is 0 Å². The maximum absolute atomic E-state index is 8.86. The van der Waals surface area contributed by atoms with Crippen molar-refractivity contribution in [1.29, 1.82) is 5.26 Å². The zero-order valence-corrected chi connectivity index (χ0v) is 9.18. The second-order valence-corrected chi connectivity index (χ2v) is 3.78. The normalized spacial score (nSPS) is 10.6. The van der Waals surface area contributed by atoms with Crippen LogP contribution in [0.2, 0.25) is 0 Å². The van der Waals surface area contributed by atoms with E-state index in [1.54, 1.807) is 18.3 Å². The molecule has 0 bridgehead atoms. The van der Waals surface area contributed by atoms with Gasteiger partial charge in [0, 0.05) is 13.2 Å². The van der Waals surface area contributed by atoms with Crippen LogP contribution in [0.5, 0.6) is 0 Å². The van der Waals surface area contributed by atoms with Crippen LogP contribution in [-0.2, 0) is 7.05 Å². The van der Waals surface area contributed by atoms with Crippen molar-refractivity contribution in [3.05, 3.63) is 36.0 Å². The molecule has 3 rings (SSSR count). The summed E-state index contributed by atoms with van der Waals surface area (Å²) >= 11 is 0. The maximum atomic E-state index is 8.86. The SMILES string of the molecule is Cn1c(-c2ccn[nH]2)nc2cc(C#N)ccc21. The lowest BCUT2D eigenvalue weighted by atomic mass is 10.2. The number of nitriles is 1. The van der Waals surface area contributed by atoms with E-state index in [2.05, 4.69) is 21.3 Å². The molecule has 2 heterocycles. The van der Waals surface area contributed by atoms with E-state index in [1.807, 2.05) is 23.7 Å². The van der Waals surface area contributed by atoms with E-state index < -0.39 is 0 Å². The third kappa shape index (κ3) is 1.39. The van der Waals surface area contributed by atoms with Gasteiger partial charge in [-0.3, -0.25) is 5.10 Å². The van der Waals surface area contributed by atoms with Crippen LogP contribution in [0.1, 0.15) is 5.56 Å². The van der Waals surface area contributed by atoms with E-state index in [4.69, 9.17) is 5.26 Å². The lowest BCUT2D eigenvalue weighted by Crippen LogP contribution is -1.92. The van der Waals surface area contributed by atoms with Gasteiger partial charge in [0.25, 0.3) is 0 Å². The highest BCUT2D eigenvalue weighted by Gasteiger charge is 2.10. The van der Waals surface area contributed by atoms with Crippen LogP contribution >= 0.6 is 0 Å². The number of aromatic amines is 1. The molecule has 3 aromatic rings. The van der Waals surface area contributed by atoms with Crippen LogP contribution < -0.4 is 0 Å². The molecule has 0 spiro atoms. The van der Waals surface area contributed by atoms with Gasteiger partial charge in [-0.1, -0.05) is 0 Å². The molecule has 5 heteroatoms. The van der Waals surface area contributed by atoms with E-state index in [0.29, 0.717) is 5.56 Å². The van der Waals surface area contributed by atoms with Crippen molar-refractivity contribution in [2.45, 2.75) is 0 Å². The Bertz CT molecular complexity index is 715. The molecule has 0 saturated carbocycles. The number of hydrogen-bond acceptors (Lipinski definition) is 3. The fourth-order valence-corrected chi connectivity index (χ4v) is 1.89. The van der Waals surface area contributed by atoms with Gasteiger partial charge in [-0.15, -0.1) is 0 Å². The topological polar surface area (TPSA) is 70.3 Å². The Morgan fingerprint density at radius 3 is 2.94 bits per heavy atom. The van der Waals surface area contributed by atoms with Gasteiger partial charge in [0.15, 0.2) is 5.82 Å². The van der Waals surface area contributed by atoms with Crippen LogP contribution in [-0.4, -0.2) is 19.7 Å². The summed E-state index contributed by atoms with van der Waals surface area (Å²) in [4.78, 5) is 4.50. The molecule has 0 aliphatic carbocycles. The predicted molar refractivity (Wildman–Crippen MR) is 63.0 cm³/mol. The zero-order valence-electron chi connectivity index (χ0n) is 9.18. The van der Waals surface area contributed by atoms with Gasteiger partial charge < -0.3 is 4.57 Å². The largest absolute Gasteiger partial charge is 0.326 e. The Hall–Kier alpha value is -2.61. The third-order valence-electron chi connectivity index (χ3n) is 2.75. The molecule has 17 heavy (non-hydrogen) atoms. The van der Waals surface area contributed by atoms with Crippen LogP contribution in [0.15, 0.2) is 30.5 Å². The highest BCUT2D eigenvalue weighted by Crippen LogP contribution is 2.22. The minimum Gasteiger partial charge on any atom is -0.326 e. The molecular formula is C12H9N5. The van der Waals surface area contributed by atoms with Crippen LogP contribution in [0.3, 0.4) is 0 Å². The standard InChI is InChI=1S/C12H9N5/c1-17-11-3-2-8(7-13)6-10(11)15-12(17)9-4-5-14-16-9/h2-6H,1H3,(H,14,16). The number of fused-ring (bicyclic) bond motifs is 1. The van der Waals surface area contributed by atoms with Gasteiger partial charge in [0.2, 0.25) is 0 Å². The monoisotopic (exact) mass is 223 g/mol. The molecule has 1 N–H and O–H groups in total. The van der Waals surface area contributed by atoms with Crippen molar-refractivity contribution < 1.29 is 0 Å². The first-order chi connectivity index (χ1) is 8.29. The Balaban J connectivity index is 2.29. The highest BCUT2D eigenvalue weighted by molar-refractivity contribution is 5.81. The van der Waals surface area contributed by atoms with Crippen molar-refractivity contribution in [1.82, 2.24) is 19.7 Å². The number of nitrogens with one attached hydrogen (secondary N) is 1. The number of aryl methyl sites for hydroxylation is 1. The summed E-state index contributed by atoms with van der Waals surface area (Å²) in [5.41, 5.74) is 3.29. The first-order valence-electron chi connectivity index (χ1n) is 5.16. The van der Waals surface area contributed by atoms with Crippen molar-refractivity contribution >= 4 is 11.0 Å². The molecule has 82 valence electrons. The summed E-state index contributed by atoms with van der Waals surface area (Å²) < 4.78 is 1.98. The lowest BCUT2D eigenvalue weighted by molar-refractivity contribution is 0.944. The Labute approximate surface area is 97.3 Å². The second kappa shape index (κ2) is 3.46. The average Bonchev–Trinajstić information content (AvgIpc) is 2.97. The van der Waals surface area contributed by atoms with Crippen molar-refractivity contribution in [3.63, 3.8) is 0 Å². The number of aromatic nitrogens is 4. The Kier molecular flexibility index (Phi) is 1.95. The summed E-state index contributed by atoms with van der Waals surface area (Å²) in [6.07, 6.45) is 1.69. The van der Waals surface area contributed by atoms with Crippen LogP contribution in [0.4, 0.5) is 0 Å². The molecule has 0 aliphatic heterocycles. The third-order valence-corrected chi connectivity index (χ3v) is 2.75. The summed E-state index contributed by atoms with van der Waals surface area (Å²) in [5.74, 6) is 0.813. The first-order valence-corrected chi connectivity index (χ1v) is 5.16. The first kappa shape index (κ1) is 9.60. The summed E-state index contributed by atoms with van der Waals surface area (Å²) in [7, 11) is 1.94. The summed E-state index contributed by atoms with van der Waals surface area (Å²) in [5, 5.41) is 15.7. The second-order valence-electron chi connectivity index (χ2n) is 3.78. The van der Waals surface area contributed by atoms with E-state index >= 15 is 0 Å². The van der Waals surface area contributed by atoms with Crippen LogP contribution in [0.25, 0.3) is 22.6 Å². The number of benzene rings is 1.